The molecule has 1 atom stereocenters. The molecule has 0 aromatic heterocycles. The molecule has 0 radical (unpaired) electrons. The van der Waals surface area contributed by atoms with Gasteiger partial charge in [-0.25, -0.2) is 4.79 Å². The summed E-state index contributed by atoms with van der Waals surface area (Å²) in [4.78, 5) is 42.2. The van der Waals surface area contributed by atoms with Gasteiger partial charge in [0.05, 0.1) is 31.3 Å². The minimum absolute atomic E-state index is 0.0464. The van der Waals surface area contributed by atoms with Crippen molar-refractivity contribution >= 4 is 40.6 Å². The Morgan fingerprint density at radius 3 is 2.29 bits per heavy atom. The number of hydrogen-bond acceptors (Lipinski definition) is 8. The van der Waals surface area contributed by atoms with Crippen LogP contribution in [-0.2, 0) is 14.3 Å². The minimum atomic E-state index is -0.755. The number of hydrogen-bond donors (Lipinski definition) is 4. The Kier molecular flexibility index (Phi) is 12.4. The fraction of sp³-hybridized carbons (Fsp3) is 0.290. The highest BCUT2D eigenvalue weighted by atomic mass is 16.5. The molecule has 0 bridgehead atoms. The smallest absolute Gasteiger partial charge is 0.328 e. The van der Waals surface area contributed by atoms with E-state index < -0.39 is 23.8 Å². The lowest BCUT2D eigenvalue weighted by molar-refractivity contribution is -0.143. The van der Waals surface area contributed by atoms with Gasteiger partial charge >= 0.3 is 5.97 Å². The summed E-state index contributed by atoms with van der Waals surface area (Å²) in [5.41, 5.74) is 15.2. The SMILES string of the molecule is C=C\C=C(/N=C(\C=C(/N)C(=O)Nc1ccc(C(=O)NC(CC(C)C)C(=O)OC)cc1)CC)c1ccc(N)c(OC)c1. The quantitative estimate of drug-likeness (QED) is 0.0924. The van der Waals surface area contributed by atoms with Crippen LogP contribution >= 0.6 is 0 Å². The van der Waals surface area contributed by atoms with Gasteiger partial charge in [-0.15, -0.1) is 0 Å². The van der Waals surface area contributed by atoms with E-state index in [0.717, 1.165) is 5.56 Å². The molecule has 41 heavy (non-hydrogen) atoms. The number of amides is 2. The van der Waals surface area contributed by atoms with Crippen molar-refractivity contribution in [2.24, 2.45) is 16.6 Å². The van der Waals surface area contributed by atoms with Gasteiger partial charge in [0.1, 0.15) is 11.8 Å². The summed E-state index contributed by atoms with van der Waals surface area (Å²) in [7, 11) is 2.81. The highest BCUT2D eigenvalue weighted by molar-refractivity contribution is 6.09. The third-order valence-electron chi connectivity index (χ3n) is 5.92. The standard InChI is InChI=1S/C31H39N5O5/c1-7-9-26(21-12-15-24(32)28(17-21)40-5)34-22(8-2)18-25(33)30(38)35-23-13-10-20(11-14-23)29(37)36-27(16-19(3)4)31(39)41-6/h7,9-15,17-19,27H,1,8,16,32-33H2,2-6H3,(H,35,38)(H,36,37)/b25-18-,26-9-,34-22-. The van der Waals surface area contributed by atoms with E-state index in [-0.39, 0.29) is 11.6 Å². The molecular formula is C31H39N5O5. The molecule has 218 valence electrons. The number of nitrogens with one attached hydrogen (secondary N) is 2. The fourth-order valence-electron chi connectivity index (χ4n) is 3.77. The predicted molar refractivity (Wildman–Crippen MR) is 163 cm³/mol. The number of ether oxygens (including phenoxy) is 2. The van der Waals surface area contributed by atoms with E-state index in [9.17, 15) is 14.4 Å². The lowest BCUT2D eigenvalue weighted by Crippen LogP contribution is -2.42. The van der Waals surface area contributed by atoms with Gasteiger partial charge < -0.3 is 31.6 Å². The first-order valence-corrected chi connectivity index (χ1v) is 13.1. The van der Waals surface area contributed by atoms with E-state index in [0.29, 0.717) is 46.9 Å². The summed E-state index contributed by atoms with van der Waals surface area (Å²) in [5, 5.41) is 5.41. The highest BCUT2D eigenvalue weighted by Crippen LogP contribution is 2.27. The van der Waals surface area contributed by atoms with Crippen LogP contribution < -0.4 is 26.8 Å². The average molecular weight is 562 g/mol. The maximum absolute atomic E-state index is 12.8. The van der Waals surface area contributed by atoms with Crippen LogP contribution in [0.1, 0.15) is 49.5 Å². The van der Waals surface area contributed by atoms with Gasteiger partial charge in [0.15, 0.2) is 0 Å². The number of anilines is 2. The Balaban J connectivity index is 2.17. The van der Waals surface area contributed by atoms with Crippen molar-refractivity contribution in [3.05, 3.63) is 84.1 Å². The number of methoxy groups -OCH3 is 2. The molecule has 0 saturated heterocycles. The highest BCUT2D eigenvalue weighted by Gasteiger charge is 2.23. The number of allylic oxidation sites excluding steroid dienone is 3. The Bertz CT molecular complexity index is 1340. The first kappa shape index (κ1) is 32.4. The average Bonchev–Trinajstić information content (AvgIpc) is 2.95. The Hall–Kier alpha value is -4.86. The van der Waals surface area contributed by atoms with E-state index in [1.54, 1.807) is 48.6 Å². The van der Waals surface area contributed by atoms with Crippen molar-refractivity contribution in [3.8, 4) is 5.75 Å². The van der Waals surface area contributed by atoms with Gasteiger partial charge in [-0.2, -0.15) is 0 Å². The molecule has 0 aliphatic carbocycles. The number of benzene rings is 2. The summed E-state index contributed by atoms with van der Waals surface area (Å²) < 4.78 is 10.1. The number of nitrogen functional groups attached to an aromatic ring is 1. The normalized spacial score (nSPS) is 12.9. The Morgan fingerprint density at radius 2 is 1.73 bits per heavy atom. The molecule has 0 saturated carbocycles. The van der Waals surface area contributed by atoms with E-state index in [1.165, 1.54) is 20.3 Å². The van der Waals surface area contributed by atoms with Crippen molar-refractivity contribution < 1.29 is 23.9 Å². The topological polar surface area (TPSA) is 158 Å². The van der Waals surface area contributed by atoms with Gasteiger partial charge in [-0.3, -0.25) is 14.6 Å². The molecule has 6 N–H and O–H groups in total. The predicted octanol–water partition coefficient (Wildman–Crippen LogP) is 4.45. The number of nitrogens with zero attached hydrogens (tertiary/aromatic N) is 1. The second-order valence-corrected chi connectivity index (χ2v) is 9.51. The second kappa shape index (κ2) is 15.7. The third kappa shape index (κ3) is 9.68. The number of aliphatic imine (C=N–C) groups is 1. The fourth-order valence-corrected chi connectivity index (χ4v) is 3.77. The van der Waals surface area contributed by atoms with E-state index in [2.05, 4.69) is 22.2 Å². The maximum Gasteiger partial charge on any atom is 0.328 e. The number of nitrogens with two attached hydrogens (primary N) is 2. The van der Waals surface area contributed by atoms with Gasteiger partial charge in [-0.05, 0) is 67.3 Å². The zero-order valence-electron chi connectivity index (χ0n) is 24.2. The molecule has 0 fully saturated rings. The molecule has 0 aliphatic rings. The number of carbonyl (C=O) groups is 3. The van der Waals surface area contributed by atoms with Crippen LogP contribution in [0.2, 0.25) is 0 Å². The van der Waals surface area contributed by atoms with Gasteiger partial charge in [0, 0.05) is 22.5 Å². The molecule has 0 aliphatic heterocycles. The minimum Gasteiger partial charge on any atom is -0.495 e. The van der Waals surface area contributed by atoms with E-state index in [4.69, 9.17) is 20.9 Å². The van der Waals surface area contributed by atoms with E-state index >= 15 is 0 Å². The Morgan fingerprint density at radius 1 is 1.07 bits per heavy atom. The van der Waals surface area contributed by atoms with Crippen LogP contribution in [0.15, 0.2) is 78.0 Å². The maximum atomic E-state index is 12.8. The summed E-state index contributed by atoms with van der Waals surface area (Å²) in [5.74, 6) is -0.769. The third-order valence-corrected chi connectivity index (χ3v) is 5.92. The zero-order chi connectivity index (χ0) is 30.5. The van der Waals surface area contributed by atoms with Crippen molar-refractivity contribution in [2.75, 3.05) is 25.3 Å². The van der Waals surface area contributed by atoms with Crippen molar-refractivity contribution in [1.29, 1.82) is 0 Å². The molecule has 10 nitrogen and oxygen atoms in total. The van der Waals surface area contributed by atoms with Crippen molar-refractivity contribution in [3.63, 3.8) is 0 Å². The Labute approximate surface area is 241 Å². The van der Waals surface area contributed by atoms with Crippen LogP contribution in [0.5, 0.6) is 5.75 Å². The monoisotopic (exact) mass is 561 g/mol. The van der Waals surface area contributed by atoms with Gasteiger partial charge in [0.2, 0.25) is 0 Å². The van der Waals surface area contributed by atoms with Crippen LogP contribution in [-0.4, -0.2) is 43.8 Å². The van der Waals surface area contributed by atoms with Crippen LogP contribution in [0.4, 0.5) is 11.4 Å². The summed E-state index contributed by atoms with van der Waals surface area (Å²) >= 11 is 0. The largest absolute Gasteiger partial charge is 0.495 e. The molecule has 2 aromatic rings. The van der Waals surface area contributed by atoms with Crippen LogP contribution in [0.25, 0.3) is 5.70 Å². The molecule has 2 rings (SSSR count). The van der Waals surface area contributed by atoms with Gasteiger partial charge in [-0.1, -0.05) is 39.5 Å². The molecule has 0 heterocycles. The zero-order valence-corrected chi connectivity index (χ0v) is 24.2. The summed E-state index contributed by atoms with van der Waals surface area (Å²) in [6.45, 7) is 9.55. The number of esters is 1. The van der Waals surface area contributed by atoms with Crippen LogP contribution in [0.3, 0.4) is 0 Å². The summed E-state index contributed by atoms with van der Waals surface area (Å²) in [6.07, 6.45) is 5.80. The number of carbonyl (C=O) groups excluding carboxylic acids is 3. The van der Waals surface area contributed by atoms with Gasteiger partial charge in [0.25, 0.3) is 11.8 Å². The lowest BCUT2D eigenvalue weighted by atomic mass is 10.0. The van der Waals surface area contributed by atoms with Crippen molar-refractivity contribution in [2.45, 2.75) is 39.7 Å². The lowest BCUT2D eigenvalue weighted by Gasteiger charge is -2.18. The molecule has 2 amide bonds. The second-order valence-electron chi connectivity index (χ2n) is 9.51. The molecule has 2 aromatic carbocycles. The molecule has 0 spiro atoms. The molecule has 1 unspecified atom stereocenters. The van der Waals surface area contributed by atoms with E-state index in [1.807, 2.05) is 26.8 Å². The van der Waals surface area contributed by atoms with Crippen molar-refractivity contribution in [1.82, 2.24) is 5.32 Å². The molecule has 10 heteroatoms. The first-order valence-electron chi connectivity index (χ1n) is 13.1. The first-order chi connectivity index (χ1) is 19.5. The summed E-state index contributed by atoms with van der Waals surface area (Å²) in [6, 6.07) is 10.8. The van der Waals surface area contributed by atoms with Crippen LogP contribution in [0, 0.1) is 5.92 Å². The number of rotatable bonds is 13. The molecular weight excluding hydrogens is 522 g/mol.